The van der Waals surface area contributed by atoms with Gasteiger partial charge in [0.25, 0.3) is 0 Å². The van der Waals surface area contributed by atoms with Crippen molar-refractivity contribution in [2.45, 2.75) is 51.6 Å². The third-order valence-corrected chi connectivity index (χ3v) is 3.44. The van der Waals surface area contributed by atoms with Crippen molar-refractivity contribution in [1.29, 1.82) is 0 Å². The monoisotopic (exact) mass is 229 g/mol. The average molecular weight is 229 g/mol. The van der Waals surface area contributed by atoms with Crippen LogP contribution in [0.5, 0.6) is 0 Å². The molecule has 0 spiro atoms. The Kier molecular flexibility index (Phi) is 4.74. The number of hydrogen-bond acceptors (Lipinski definition) is 3. The zero-order valence-corrected chi connectivity index (χ0v) is 10.5. The van der Waals surface area contributed by atoms with Crippen LogP contribution in [0.15, 0.2) is 0 Å². The van der Waals surface area contributed by atoms with Crippen LogP contribution in [0.25, 0.3) is 0 Å². The van der Waals surface area contributed by atoms with Gasteiger partial charge < -0.3 is 9.84 Å². The molecule has 1 fully saturated rings. The fourth-order valence-corrected chi connectivity index (χ4v) is 2.31. The number of aliphatic carboxylic acids is 1. The van der Waals surface area contributed by atoms with Crippen LogP contribution >= 0.6 is 0 Å². The van der Waals surface area contributed by atoms with Crippen molar-refractivity contribution < 1.29 is 14.6 Å². The molecule has 3 atom stereocenters. The zero-order valence-electron chi connectivity index (χ0n) is 10.5. The molecule has 16 heavy (non-hydrogen) atoms. The third-order valence-electron chi connectivity index (χ3n) is 3.44. The van der Waals surface area contributed by atoms with Gasteiger partial charge in [-0.05, 0) is 32.6 Å². The van der Waals surface area contributed by atoms with Crippen molar-refractivity contribution in [3.8, 4) is 0 Å². The van der Waals surface area contributed by atoms with Crippen LogP contribution < -0.4 is 5.32 Å². The fourth-order valence-electron chi connectivity index (χ4n) is 2.31. The second kappa shape index (κ2) is 5.64. The summed E-state index contributed by atoms with van der Waals surface area (Å²) < 4.78 is 5.33. The number of hydrogen-bond donors (Lipinski definition) is 2. The predicted molar refractivity (Wildman–Crippen MR) is 62.5 cm³/mol. The summed E-state index contributed by atoms with van der Waals surface area (Å²) in [7, 11) is 0. The van der Waals surface area contributed by atoms with Gasteiger partial charge in [0.1, 0.15) is 5.54 Å². The summed E-state index contributed by atoms with van der Waals surface area (Å²) in [4.78, 5) is 11.3. The topological polar surface area (TPSA) is 58.6 Å². The molecule has 0 aromatic carbocycles. The van der Waals surface area contributed by atoms with Crippen LogP contribution in [0, 0.1) is 5.92 Å². The van der Waals surface area contributed by atoms with Crippen LogP contribution in [0.4, 0.5) is 0 Å². The molecule has 1 rings (SSSR count). The van der Waals surface area contributed by atoms with Crippen LogP contribution in [-0.2, 0) is 9.53 Å². The van der Waals surface area contributed by atoms with Gasteiger partial charge in [0.15, 0.2) is 0 Å². The molecular formula is C12H23NO3. The smallest absolute Gasteiger partial charge is 0.323 e. The van der Waals surface area contributed by atoms with E-state index in [0.717, 1.165) is 26.1 Å². The summed E-state index contributed by atoms with van der Waals surface area (Å²) in [5, 5.41) is 12.5. The van der Waals surface area contributed by atoms with Gasteiger partial charge in [-0.25, -0.2) is 0 Å². The predicted octanol–water partition coefficient (Wildman–Crippen LogP) is 1.64. The number of ether oxygens (including phenoxy) is 1. The van der Waals surface area contributed by atoms with E-state index in [9.17, 15) is 9.90 Å². The van der Waals surface area contributed by atoms with E-state index in [1.807, 2.05) is 6.92 Å². The third kappa shape index (κ3) is 3.19. The van der Waals surface area contributed by atoms with Crippen LogP contribution in [0.1, 0.15) is 40.0 Å². The van der Waals surface area contributed by atoms with Gasteiger partial charge in [-0.15, -0.1) is 0 Å². The molecule has 0 aliphatic carbocycles. The highest BCUT2D eigenvalue weighted by Gasteiger charge is 2.35. The van der Waals surface area contributed by atoms with E-state index >= 15 is 0 Å². The Bertz CT molecular complexity index is 238. The minimum atomic E-state index is -0.809. The highest BCUT2D eigenvalue weighted by Crippen LogP contribution is 2.21. The quantitative estimate of drug-likeness (QED) is 0.727. The number of carbonyl (C=O) groups is 1. The van der Waals surface area contributed by atoms with Gasteiger partial charge >= 0.3 is 5.97 Å². The molecule has 0 amide bonds. The van der Waals surface area contributed by atoms with Gasteiger partial charge in [-0.3, -0.25) is 10.1 Å². The first-order valence-corrected chi connectivity index (χ1v) is 6.08. The summed E-state index contributed by atoms with van der Waals surface area (Å²) in [6.07, 6.45) is 2.54. The molecule has 1 aliphatic heterocycles. The number of rotatable bonds is 6. The first-order valence-electron chi connectivity index (χ1n) is 6.08. The zero-order chi connectivity index (χ0) is 12.2. The molecule has 0 radical (unpaired) electrons. The lowest BCUT2D eigenvalue weighted by Gasteiger charge is -2.32. The minimum absolute atomic E-state index is 0.190. The van der Waals surface area contributed by atoms with Crippen molar-refractivity contribution in [2.24, 2.45) is 5.92 Å². The second-order valence-electron chi connectivity index (χ2n) is 4.94. The van der Waals surface area contributed by atoms with E-state index in [1.165, 1.54) is 0 Å². The Hall–Kier alpha value is -0.610. The fraction of sp³-hybridized carbons (Fsp3) is 0.917. The Morgan fingerprint density at radius 2 is 2.38 bits per heavy atom. The lowest BCUT2D eigenvalue weighted by atomic mass is 9.92. The van der Waals surface area contributed by atoms with E-state index in [1.54, 1.807) is 6.92 Å². The summed E-state index contributed by atoms with van der Waals surface area (Å²) in [5.74, 6) is -0.323. The molecule has 0 aromatic rings. The SMILES string of the molecule is CCCC(C)(NC(C)C1CCOC1)C(=O)O. The first-order chi connectivity index (χ1) is 7.49. The molecule has 0 bridgehead atoms. The molecule has 94 valence electrons. The molecule has 4 heteroatoms. The van der Waals surface area contributed by atoms with Crippen LogP contribution in [0.2, 0.25) is 0 Å². The van der Waals surface area contributed by atoms with Gasteiger partial charge in [0.05, 0.1) is 6.61 Å². The van der Waals surface area contributed by atoms with Crippen LogP contribution in [0.3, 0.4) is 0 Å². The van der Waals surface area contributed by atoms with Crippen molar-refractivity contribution in [3.63, 3.8) is 0 Å². The Morgan fingerprint density at radius 1 is 1.69 bits per heavy atom. The van der Waals surface area contributed by atoms with E-state index in [2.05, 4.69) is 12.2 Å². The van der Waals surface area contributed by atoms with Gasteiger partial charge in [0, 0.05) is 12.6 Å². The molecule has 4 nitrogen and oxygen atoms in total. The number of carboxylic acids is 1. The van der Waals surface area contributed by atoms with Crippen LogP contribution in [-0.4, -0.2) is 35.9 Å². The molecule has 1 heterocycles. The lowest BCUT2D eigenvalue weighted by molar-refractivity contribution is -0.145. The lowest BCUT2D eigenvalue weighted by Crippen LogP contribution is -2.54. The normalized spacial score (nSPS) is 26.3. The van der Waals surface area contributed by atoms with E-state index in [-0.39, 0.29) is 6.04 Å². The van der Waals surface area contributed by atoms with Gasteiger partial charge in [-0.1, -0.05) is 13.3 Å². The molecule has 0 saturated carbocycles. The van der Waals surface area contributed by atoms with Crippen molar-refractivity contribution >= 4 is 5.97 Å². The van der Waals surface area contributed by atoms with Gasteiger partial charge in [-0.2, -0.15) is 0 Å². The number of carboxylic acid groups (broad SMARTS) is 1. The maximum Gasteiger partial charge on any atom is 0.323 e. The average Bonchev–Trinajstić information content (AvgIpc) is 2.70. The summed E-state index contributed by atoms with van der Waals surface area (Å²) >= 11 is 0. The summed E-state index contributed by atoms with van der Waals surface area (Å²) in [5.41, 5.74) is -0.809. The molecule has 2 N–H and O–H groups in total. The van der Waals surface area contributed by atoms with Gasteiger partial charge in [0.2, 0.25) is 0 Å². The summed E-state index contributed by atoms with van der Waals surface area (Å²) in [6.45, 7) is 7.37. The molecule has 0 aromatic heterocycles. The Morgan fingerprint density at radius 3 is 2.81 bits per heavy atom. The largest absolute Gasteiger partial charge is 0.480 e. The molecule has 1 aliphatic rings. The first kappa shape index (κ1) is 13.5. The van der Waals surface area contributed by atoms with E-state index < -0.39 is 11.5 Å². The van der Waals surface area contributed by atoms with Crippen molar-refractivity contribution in [3.05, 3.63) is 0 Å². The molecular weight excluding hydrogens is 206 g/mol. The van der Waals surface area contributed by atoms with Crippen molar-refractivity contribution in [1.82, 2.24) is 5.32 Å². The maximum absolute atomic E-state index is 11.3. The standard InChI is InChI=1S/C12H23NO3/c1-4-6-12(3,11(14)15)13-9(2)10-5-7-16-8-10/h9-10,13H,4-8H2,1-3H3,(H,14,15). The molecule has 1 saturated heterocycles. The van der Waals surface area contributed by atoms with Crippen molar-refractivity contribution in [2.75, 3.05) is 13.2 Å². The highest BCUT2D eigenvalue weighted by molar-refractivity contribution is 5.78. The minimum Gasteiger partial charge on any atom is -0.480 e. The Balaban J connectivity index is 2.56. The Labute approximate surface area is 97.4 Å². The molecule has 3 unspecified atom stereocenters. The second-order valence-corrected chi connectivity index (χ2v) is 4.94. The van der Waals surface area contributed by atoms with E-state index in [0.29, 0.717) is 12.3 Å². The number of nitrogens with one attached hydrogen (secondary N) is 1. The van der Waals surface area contributed by atoms with E-state index in [4.69, 9.17) is 4.74 Å². The highest BCUT2D eigenvalue weighted by atomic mass is 16.5. The maximum atomic E-state index is 11.3. The summed E-state index contributed by atoms with van der Waals surface area (Å²) in [6, 6.07) is 0.190.